The van der Waals surface area contributed by atoms with Crippen molar-refractivity contribution in [2.45, 2.75) is 99.5 Å². The normalized spacial score (nSPS) is 16.4. The summed E-state index contributed by atoms with van der Waals surface area (Å²) in [6.45, 7) is 10.5. The van der Waals surface area contributed by atoms with Crippen LogP contribution < -0.4 is 10.2 Å². The van der Waals surface area contributed by atoms with E-state index in [9.17, 15) is 18.4 Å². The Morgan fingerprint density at radius 3 is 2.44 bits per heavy atom. The van der Waals surface area contributed by atoms with Crippen LogP contribution in [0.4, 0.5) is 8.78 Å². The third-order valence-corrected chi connectivity index (χ3v) is 6.92. The number of amides is 2. The van der Waals surface area contributed by atoms with Gasteiger partial charge in [0, 0.05) is 16.7 Å². The van der Waals surface area contributed by atoms with Crippen LogP contribution in [0.15, 0.2) is 35.4 Å². The Labute approximate surface area is 231 Å². The minimum atomic E-state index is -3.10. The number of halogens is 2. The number of alkyl halides is 2. The number of hydrogen-bond donors (Lipinski definition) is 3. The molecule has 0 spiro atoms. The molecule has 10 heteroatoms. The molecule has 1 aromatic rings. The van der Waals surface area contributed by atoms with E-state index in [2.05, 4.69) is 5.43 Å². The van der Waals surface area contributed by atoms with Crippen molar-refractivity contribution in [3.05, 3.63) is 52.1 Å². The molecule has 1 aliphatic carbocycles. The van der Waals surface area contributed by atoms with Gasteiger partial charge in [-0.2, -0.15) is 8.78 Å². The van der Waals surface area contributed by atoms with E-state index in [1.54, 1.807) is 0 Å². The summed E-state index contributed by atoms with van der Waals surface area (Å²) < 4.78 is 31.4. The summed E-state index contributed by atoms with van der Waals surface area (Å²) in [5, 5.41) is 19.6. The number of carbonyl (C=O) groups excluding carboxylic acids is 2. The largest absolute Gasteiger partial charge is 0.451 e. The highest BCUT2D eigenvalue weighted by Crippen LogP contribution is 2.32. The quantitative estimate of drug-likeness (QED) is 0.247. The molecule has 0 saturated carbocycles. The standard InChI is InChI=1S/C29H43BF2N2O5/c1-8-10-24(29(5,6)7)34(27(36)22-16-18(2)15-19(3)17-22)33-26(35)23-13-12-21(11-9-14-30(37)38)25(20(23)4)39-28(31)32/h12-13,16-18,24,28,37-38H,8-11,14-15H2,1-7H3,(H,33,35). The Kier molecular flexibility index (Phi) is 11.7. The molecule has 1 aromatic carbocycles. The van der Waals surface area contributed by atoms with Crippen molar-refractivity contribution in [2.75, 3.05) is 0 Å². The van der Waals surface area contributed by atoms with Gasteiger partial charge in [-0.1, -0.05) is 71.3 Å². The molecule has 2 amide bonds. The second-order valence-electron chi connectivity index (χ2n) is 11.6. The van der Waals surface area contributed by atoms with Crippen molar-refractivity contribution in [3.8, 4) is 5.75 Å². The molecule has 0 aliphatic heterocycles. The smallest absolute Gasteiger partial charge is 0.434 e. The Morgan fingerprint density at radius 2 is 1.90 bits per heavy atom. The van der Waals surface area contributed by atoms with Crippen LogP contribution in [0, 0.1) is 18.3 Å². The van der Waals surface area contributed by atoms with Crippen molar-refractivity contribution in [1.82, 2.24) is 10.4 Å². The van der Waals surface area contributed by atoms with Gasteiger partial charge in [-0.3, -0.25) is 15.0 Å². The van der Waals surface area contributed by atoms with Gasteiger partial charge in [-0.05, 0) is 62.4 Å². The summed E-state index contributed by atoms with van der Waals surface area (Å²) in [6, 6.07) is 2.72. The van der Waals surface area contributed by atoms with Gasteiger partial charge in [-0.15, -0.1) is 0 Å². The second-order valence-corrected chi connectivity index (χ2v) is 11.6. The molecule has 216 valence electrons. The van der Waals surface area contributed by atoms with E-state index >= 15 is 0 Å². The van der Waals surface area contributed by atoms with Gasteiger partial charge in [0.15, 0.2) is 0 Å². The zero-order valence-corrected chi connectivity index (χ0v) is 24.2. The van der Waals surface area contributed by atoms with E-state index in [0.29, 0.717) is 24.0 Å². The number of allylic oxidation sites excluding steroid dienone is 2. The van der Waals surface area contributed by atoms with Crippen molar-refractivity contribution in [1.29, 1.82) is 0 Å². The van der Waals surface area contributed by atoms with Crippen molar-refractivity contribution in [2.24, 2.45) is 11.3 Å². The zero-order chi connectivity index (χ0) is 29.5. The summed E-state index contributed by atoms with van der Waals surface area (Å²) in [6.07, 6.45) is 6.72. The van der Waals surface area contributed by atoms with Gasteiger partial charge >= 0.3 is 13.7 Å². The molecule has 1 aliphatic rings. The molecule has 2 unspecified atom stereocenters. The van der Waals surface area contributed by atoms with Crippen LogP contribution in [-0.2, 0) is 11.2 Å². The Hall–Kier alpha value is -2.72. The topological polar surface area (TPSA) is 99.1 Å². The Balaban J connectivity index is 2.49. The maximum Gasteiger partial charge on any atom is 0.451 e. The van der Waals surface area contributed by atoms with Crippen LogP contribution in [0.5, 0.6) is 5.75 Å². The summed E-state index contributed by atoms with van der Waals surface area (Å²) in [7, 11) is -1.50. The number of carbonyl (C=O) groups is 2. The van der Waals surface area contributed by atoms with Gasteiger partial charge in [0.25, 0.3) is 11.8 Å². The Morgan fingerprint density at radius 1 is 1.23 bits per heavy atom. The van der Waals surface area contributed by atoms with Gasteiger partial charge in [0.2, 0.25) is 0 Å². The number of rotatable bonds is 11. The van der Waals surface area contributed by atoms with Gasteiger partial charge in [0.05, 0.1) is 6.04 Å². The molecule has 39 heavy (non-hydrogen) atoms. The molecule has 2 atom stereocenters. The average Bonchev–Trinajstić information content (AvgIpc) is 2.81. The fourth-order valence-corrected chi connectivity index (χ4v) is 5.10. The fraction of sp³-hybridized carbons (Fsp3) is 0.586. The van der Waals surface area contributed by atoms with Gasteiger partial charge in [0.1, 0.15) is 5.75 Å². The first-order valence-corrected chi connectivity index (χ1v) is 13.6. The molecule has 3 N–H and O–H groups in total. The van der Waals surface area contributed by atoms with E-state index in [1.165, 1.54) is 24.1 Å². The molecule has 0 bridgehead atoms. The number of nitrogens with zero attached hydrogens (tertiary/aromatic N) is 1. The SMILES string of the molecule is CCCC(N(NC(=O)c1ccc(CCCB(O)O)c(OC(F)F)c1C)C(=O)C1=CC(C)CC(C)=C1)C(C)(C)C. The van der Waals surface area contributed by atoms with Crippen LogP contribution in [0.2, 0.25) is 6.32 Å². The lowest BCUT2D eigenvalue weighted by atomic mass is 9.82. The van der Waals surface area contributed by atoms with Crippen molar-refractivity contribution >= 4 is 18.9 Å². The number of nitrogens with one attached hydrogen (secondary N) is 1. The number of hydrogen-bond acceptors (Lipinski definition) is 5. The molecular weight excluding hydrogens is 505 g/mol. The predicted molar refractivity (Wildman–Crippen MR) is 149 cm³/mol. The minimum Gasteiger partial charge on any atom is -0.434 e. The molecule has 0 radical (unpaired) electrons. The first kappa shape index (κ1) is 32.5. The maximum atomic E-state index is 13.9. The van der Waals surface area contributed by atoms with Crippen LogP contribution in [-0.4, -0.2) is 46.6 Å². The van der Waals surface area contributed by atoms with Crippen LogP contribution in [0.25, 0.3) is 0 Å². The highest BCUT2D eigenvalue weighted by Gasteiger charge is 2.36. The van der Waals surface area contributed by atoms with Gasteiger partial charge in [-0.25, -0.2) is 5.01 Å². The van der Waals surface area contributed by atoms with Crippen LogP contribution in [0.1, 0.15) is 88.7 Å². The van der Waals surface area contributed by atoms with E-state index in [-0.39, 0.29) is 52.9 Å². The summed E-state index contributed by atoms with van der Waals surface area (Å²) in [4.78, 5) is 27.5. The average molecular weight is 548 g/mol. The number of hydrazine groups is 1. The summed E-state index contributed by atoms with van der Waals surface area (Å²) >= 11 is 0. The zero-order valence-electron chi connectivity index (χ0n) is 24.2. The monoisotopic (exact) mass is 548 g/mol. The third-order valence-electron chi connectivity index (χ3n) is 6.92. The van der Waals surface area contributed by atoms with E-state index < -0.39 is 19.6 Å². The molecular formula is C29H43BF2N2O5. The lowest BCUT2D eigenvalue weighted by Crippen LogP contribution is -2.56. The first-order valence-electron chi connectivity index (χ1n) is 13.6. The van der Waals surface area contributed by atoms with E-state index in [1.807, 2.05) is 53.7 Å². The Bertz CT molecular complexity index is 1080. The molecule has 0 fully saturated rings. The molecule has 0 saturated heterocycles. The second kappa shape index (κ2) is 14.1. The predicted octanol–water partition coefficient (Wildman–Crippen LogP) is 5.60. The lowest BCUT2D eigenvalue weighted by Gasteiger charge is -2.40. The van der Waals surface area contributed by atoms with Crippen molar-refractivity contribution in [3.63, 3.8) is 0 Å². The van der Waals surface area contributed by atoms with Crippen molar-refractivity contribution < 1.29 is 33.2 Å². The van der Waals surface area contributed by atoms with Gasteiger partial charge < -0.3 is 14.8 Å². The number of ether oxygens (including phenoxy) is 1. The molecule has 7 nitrogen and oxygen atoms in total. The van der Waals surface area contributed by atoms with E-state index in [0.717, 1.165) is 18.4 Å². The first-order chi connectivity index (χ1) is 18.1. The van der Waals surface area contributed by atoms with Crippen LogP contribution >= 0.6 is 0 Å². The number of aryl methyl sites for hydroxylation is 1. The molecule has 0 aromatic heterocycles. The molecule has 0 heterocycles. The third kappa shape index (κ3) is 9.17. The summed E-state index contributed by atoms with van der Waals surface area (Å²) in [5.41, 5.74) is 4.80. The molecule has 2 rings (SSSR count). The highest BCUT2D eigenvalue weighted by atomic mass is 19.3. The lowest BCUT2D eigenvalue weighted by molar-refractivity contribution is -0.135. The van der Waals surface area contributed by atoms with Crippen LogP contribution in [0.3, 0.4) is 0 Å². The fourth-order valence-electron chi connectivity index (χ4n) is 5.10. The highest BCUT2D eigenvalue weighted by molar-refractivity contribution is 6.40. The minimum absolute atomic E-state index is 0.0699. The maximum absolute atomic E-state index is 13.9. The number of benzene rings is 1. The summed E-state index contributed by atoms with van der Waals surface area (Å²) in [5.74, 6) is -0.857. The van der Waals surface area contributed by atoms with E-state index in [4.69, 9.17) is 14.8 Å².